The van der Waals surface area contributed by atoms with Gasteiger partial charge in [-0.25, -0.2) is 4.98 Å². The van der Waals surface area contributed by atoms with E-state index in [1.807, 2.05) is 18.2 Å². The highest BCUT2D eigenvalue weighted by atomic mass is 16.5. The number of pyridine rings is 1. The van der Waals surface area contributed by atoms with Gasteiger partial charge >= 0.3 is 0 Å². The van der Waals surface area contributed by atoms with Crippen LogP contribution >= 0.6 is 0 Å². The fourth-order valence-electron chi connectivity index (χ4n) is 1.53. The lowest BCUT2D eigenvalue weighted by Gasteiger charge is -2.07. The van der Waals surface area contributed by atoms with Crippen molar-refractivity contribution in [2.24, 2.45) is 0 Å². The highest BCUT2D eigenvalue weighted by Crippen LogP contribution is 2.11. The van der Waals surface area contributed by atoms with Crippen LogP contribution in [0.15, 0.2) is 42.5 Å². The lowest BCUT2D eigenvalue weighted by Crippen LogP contribution is -2.02. The molecule has 1 heterocycles. The standard InChI is InChI=1S/C14H16N2O/c1-11-6-8-12(9-7-11)15-10-13-4-3-5-14(16-13)17-2/h3-9,15H,10H2,1-2H3. The van der Waals surface area contributed by atoms with E-state index in [1.165, 1.54) is 5.56 Å². The molecule has 0 spiro atoms. The van der Waals surface area contributed by atoms with E-state index in [9.17, 15) is 0 Å². The van der Waals surface area contributed by atoms with E-state index in [0.717, 1.165) is 11.4 Å². The van der Waals surface area contributed by atoms with E-state index < -0.39 is 0 Å². The van der Waals surface area contributed by atoms with Gasteiger partial charge in [0.05, 0.1) is 19.3 Å². The quantitative estimate of drug-likeness (QED) is 0.873. The van der Waals surface area contributed by atoms with Gasteiger partial charge in [-0.15, -0.1) is 0 Å². The Labute approximate surface area is 101 Å². The van der Waals surface area contributed by atoms with Crippen molar-refractivity contribution < 1.29 is 4.74 Å². The van der Waals surface area contributed by atoms with Gasteiger partial charge in [-0.3, -0.25) is 0 Å². The van der Waals surface area contributed by atoms with Crippen LogP contribution in [0.5, 0.6) is 5.88 Å². The number of benzene rings is 1. The van der Waals surface area contributed by atoms with Crippen LogP contribution in [0.3, 0.4) is 0 Å². The molecular formula is C14H16N2O. The van der Waals surface area contributed by atoms with Crippen molar-refractivity contribution in [3.63, 3.8) is 0 Å². The molecule has 2 aromatic rings. The van der Waals surface area contributed by atoms with Crippen molar-refractivity contribution in [3.05, 3.63) is 53.7 Å². The van der Waals surface area contributed by atoms with Gasteiger partial charge in [0.15, 0.2) is 0 Å². The lowest BCUT2D eigenvalue weighted by molar-refractivity contribution is 0.396. The number of methoxy groups -OCH3 is 1. The summed E-state index contributed by atoms with van der Waals surface area (Å²) in [6, 6.07) is 14.1. The molecule has 0 amide bonds. The van der Waals surface area contributed by atoms with Gasteiger partial charge in [-0.1, -0.05) is 23.8 Å². The Morgan fingerprint density at radius 1 is 1.12 bits per heavy atom. The van der Waals surface area contributed by atoms with E-state index in [0.29, 0.717) is 12.4 Å². The van der Waals surface area contributed by atoms with Crippen molar-refractivity contribution in [2.45, 2.75) is 13.5 Å². The Bertz CT molecular complexity index is 480. The van der Waals surface area contributed by atoms with Crippen molar-refractivity contribution >= 4 is 5.69 Å². The largest absolute Gasteiger partial charge is 0.481 e. The first-order valence-electron chi connectivity index (χ1n) is 5.58. The molecule has 0 aliphatic carbocycles. The van der Waals surface area contributed by atoms with Crippen LogP contribution in [0.4, 0.5) is 5.69 Å². The monoisotopic (exact) mass is 228 g/mol. The number of ether oxygens (including phenoxy) is 1. The fraction of sp³-hybridized carbons (Fsp3) is 0.214. The third-order valence-electron chi connectivity index (χ3n) is 2.52. The molecule has 2 rings (SSSR count). The number of aromatic nitrogens is 1. The molecule has 1 N–H and O–H groups in total. The van der Waals surface area contributed by atoms with Crippen LogP contribution in [0.25, 0.3) is 0 Å². The highest BCUT2D eigenvalue weighted by molar-refractivity contribution is 5.44. The van der Waals surface area contributed by atoms with Gasteiger partial charge in [0.2, 0.25) is 5.88 Å². The topological polar surface area (TPSA) is 34.1 Å². The summed E-state index contributed by atoms with van der Waals surface area (Å²) in [5, 5.41) is 3.32. The lowest BCUT2D eigenvalue weighted by atomic mass is 10.2. The average Bonchev–Trinajstić information content (AvgIpc) is 2.38. The first-order chi connectivity index (χ1) is 8.28. The molecule has 0 atom stereocenters. The van der Waals surface area contributed by atoms with Gasteiger partial charge in [0.25, 0.3) is 0 Å². The molecule has 0 aliphatic heterocycles. The Hall–Kier alpha value is -2.03. The molecule has 1 aromatic heterocycles. The molecule has 0 saturated heterocycles. The minimum atomic E-state index is 0.646. The fourth-order valence-corrected chi connectivity index (χ4v) is 1.53. The molecule has 0 saturated carbocycles. The zero-order chi connectivity index (χ0) is 12.1. The third kappa shape index (κ3) is 3.21. The van der Waals surface area contributed by atoms with Crippen LogP contribution in [-0.4, -0.2) is 12.1 Å². The molecule has 0 bridgehead atoms. The van der Waals surface area contributed by atoms with Crippen molar-refractivity contribution in [1.29, 1.82) is 0 Å². The maximum Gasteiger partial charge on any atom is 0.213 e. The third-order valence-corrected chi connectivity index (χ3v) is 2.52. The summed E-state index contributed by atoms with van der Waals surface area (Å²) >= 11 is 0. The Kier molecular flexibility index (Phi) is 3.60. The molecule has 17 heavy (non-hydrogen) atoms. The van der Waals surface area contributed by atoms with Crippen LogP contribution in [-0.2, 0) is 6.54 Å². The summed E-state index contributed by atoms with van der Waals surface area (Å²) in [5.74, 6) is 0.646. The predicted octanol–water partition coefficient (Wildman–Crippen LogP) is 3.01. The van der Waals surface area contributed by atoms with Crippen molar-refractivity contribution in [2.75, 3.05) is 12.4 Å². The second-order valence-corrected chi connectivity index (χ2v) is 3.89. The van der Waals surface area contributed by atoms with Gasteiger partial charge in [0.1, 0.15) is 0 Å². The van der Waals surface area contributed by atoms with E-state index in [2.05, 4.69) is 41.5 Å². The Balaban J connectivity index is 1.99. The number of nitrogens with zero attached hydrogens (tertiary/aromatic N) is 1. The molecular weight excluding hydrogens is 212 g/mol. The van der Waals surface area contributed by atoms with E-state index in [1.54, 1.807) is 7.11 Å². The Morgan fingerprint density at radius 2 is 1.88 bits per heavy atom. The van der Waals surface area contributed by atoms with Gasteiger partial charge in [-0.05, 0) is 25.1 Å². The minimum absolute atomic E-state index is 0.646. The maximum atomic E-state index is 5.08. The number of hydrogen-bond donors (Lipinski definition) is 1. The molecule has 0 fully saturated rings. The van der Waals surface area contributed by atoms with E-state index in [-0.39, 0.29) is 0 Å². The SMILES string of the molecule is COc1cccc(CNc2ccc(C)cc2)n1. The van der Waals surface area contributed by atoms with Crippen LogP contribution < -0.4 is 10.1 Å². The van der Waals surface area contributed by atoms with Crippen LogP contribution in [0, 0.1) is 6.92 Å². The normalized spacial score (nSPS) is 10.0. The highest BCUT2D eigenvalue weighted by Gasteiger charge is 1.97. The molecule has 1 aromatic carbocycles. The summed E-state index contributed by atoms with van der Waals surface area (Å²) in [6.45, 7) is 2.77. The first kappa shape index (κ1) is 11.5. The smallest absolute Gasteiger partial charge is 0.213 e. The first-order valence-corrected chi connectivity index (χ1v) is 5.58. The summed E-state index contributed by atoms with van der Waals surface area (Å²) in [6.07, 6.45) is 0. The summed E-state index contributed by atoms with van der Waals surface area (Å²) in [7, 11) is 1.62. The van der Waals surface area contributed by atoms with E-state index in [4.69, 9.17) is 4.74 Å². The summed E-state index contributed by atoms with van der Waals surface area (Å²) in [4.78, 5) is 4.34. The molecule has 88 valence electrons. The zero-order valence-corrected chi connectivity index (χ0v) is 10.1. The zero-order valence-electron chi connectivity index (χ0n) is 10.1. The minimum Gasteiger partial charge on any atom is -0.481 e. The second kappa shape index (κ2) is 5.34. The number of anilines is 1. The number of rotatable bonds is 4. The summed E-state index contributed by atoms with van der Waals surface area (Å²) < 4.78 is 5.08. The second-order valence-electron chi connectivity index (χ2n) is 3.89. The Morgan fingerprint density at radius 3 is 2.59 bits per heavy atom. The number of hydrogen-bond acceptors (Lipinski definition) is 3. The molecule has 3 nitrogen and oxygen atoms in total. The van der Waals surface area contributed by atoms with Gasteiger partial charge < -0.3 is 10.1 Å². The number of aryl methyl sites for hydroxylation is 1. The molecule has 0 radical (unpaired) electrons. The predicted molar refractivity (Wildman–Crippen MR) is 69.3 cm³/mol. The number of nitrogens with one attached hydrogen (secondary N) is 1. The van der Waals surface area contributed by atoms with Crippen molar-refractivity contribution in [3.8, 4) is 5.88 Å². The van der Waals surface area contributed by atoms with E-state index >= 15 is 0 Å². The molecule has 3 heteroatoms. The van der Waals surface area contributed by atoms with Gasteiger partial charge in [-0.2, -0.15) is 0 Å². The average molecular weight is 228 g/mol. The van der Waals surface area contributed by atoms with Crippen molar-refractivity contribution in [1.82, 2.24) is 4.98 Å². The summed E-state index contributed by atoms with van der Waals surface area (Å²) in [5.41, 5.74) is 3.32. The van der Waals surface area contributed by atoms with Gasteiger partial charge in [0, 0.05) is 11.8 Å². The molecule has 0 aliphatic rings. The van der Waals surface area contributed by atoms with Crippen LogP contribution in [0.1, 0.15) is 11.3 Å². The molecule has 0 unspecified atom stereocenters. The van der Waals surface area contributed by atoms with Crippen LogP contribution in [0.2, 0.25) is 0 Å². The maximum absolute atomic E-state index is 5.08.